The molecule has 1 aromatic carbocycles. The Bertz CT molecular complexity index is 1260. The highest BCUT2D eigenvalue weighted by molar-refractivity contribution is 5.95. The Morgan fingerprint density at radius 3 is 2.46 bits per heavy atom. The highest BCUT2D eigenvalue weighted by atomic mass is 19.1. The SMILES string of the molecule is CCCCn1cc(-c2cc(F)c(CN3CCC(OC4CCNCC4)CC3)c(F)c2)c2ccncc2c1=O. The molecule has 5 rings (SSSR count). The fourth-order valence-electron chi connectivity index (χ4n) is 5.50. The molecule has 0 radical (unpaired) electrons. The van der Waals surface area contributed by atoms with Gasteiger partial charge in [-0.15, -0.1) is 0 Å². The molecular weight excluding hydrogens is 474 g/mol. The maximum Gasteiger partial charge on any atom is 0.260 e. The van der Waals surface area contributed by atoms with Crippen LogP contribution in [0.5, 0.6) is 0 Å². The van der Waals surface area contributed by atoms with Crippen molar-refractivity contribution in [1.82, 2.24) is 19.8 Å². The molecule has 3 aromatic rings. The van der Waals surface area contributed by atoms with Gasteiger partial charge >= 0.3 is 0 Å². The highest BCUT2D eigenvalue weighted by Crippen LogP contribution is 2.30. The molecule has 2 fully saturated rings. The third-order valence-electron chi connectivity index (χ3n) is 7.68. The zero-order valence-electron chi connectivity index (χ0n) is 21.5. The van der Waals surface area contributed by atoms with Crippen LogP contribution in [0, 0.1) is 11.6 Å². The molecule has 2 aromatic heterocycles. The second kappa shape index (κ2) is 11.8. The normalized spacial score (nSPS) is 18.0. The molecule has 2 saturated heterocycles. The Hall–Kier alpha value is -2.68. The number of rotatable bonds is 8. The van der Waals surface area contributed by atoms with Crippen molar-refractivity contribution < 1.29 is 13.5 Å². The van der Waals surface area contributed by atoms with Crippen LogP contribution in [0.4, 0.5) is 8.78 Å². The summed E-state index contributed by atoms with van der Waals surface area (Å²) >= 11 is 0. The van der Waals surface area contributed by atoms with Crippen LogP contribution in [-0.4, -0.2) is 52.8 Å². The maximum atomic E-state index is 15.3. The minimum atomic E-state index is -0.559. The van der Waals surface area contributed by atoms with Crippen molar-refractivity contribution in [1.29, 1.82) is 0 Å². The van der Waals surface area contributed by atoms with E-state index in [-0.39, 0.29) is 23.8 Å². The Labute approximate surface area is 216 Å². The van der Waals surface area contributed by atoms with E-state index in [0.29, 0.717) is 34.5 Å². The molecule has 37 heavy (non-hydrogen) atoms. The minimum absolute atomic E-state index is 0.0896. The van der Waals surface area contributed by atoms with E-state index < -0.39 is 11.6 Å². The number of hydrogen-bond acceptors (Lipinski definition) is 5. The van der Waals surface area contributed by atoms with Gasteiger partial charge in [0.2, 0.25) is 0 Å². The van der Waals surface area contributed by atoms with E-state index in [4.69, 9.17) is 4.74 Å². The topological polar surface area (TPSA) is 59.4 Å². The molecule has 1 N–H and O–H groups in total. The number of likely N-dealkylation sites (tertiary alicyclic amines) is 1. The van der Waals surface area contributed by atoms with Gasteiger partial charge in [0.15, 0.2) is 0 Å². The van der Waals surface area contributed by atoms with Gasteiger partial charge in [-0.1, -0.05) is 13.3 Å². The van der Waals surface area contributed by atoms with Gasteiger partial charge in [-0.05, 0) is 74.3 Å². The third-order valence-corrected chi connectivity index (χ3v) is 7.68. The van der Waals surface area contributed by atoms with Crippen molar-refractivity contribution in [2.75, 3.05) is 26.2 Å². The number of pyridine rings is 2. The second-order valence-corrected chi connectivity index (χ2v) is 10.3. The zero-order chi connectivity index (χ0) is 25.8. The van der Waals surface area contributed by atoms with Gasteiger partial charge in [-0.3, -0.25) is 14.7 Å². The number of benzene rings is 1. The molecule has 8 heteroatoms. The standard InChI is InChI=1S/C29H36F2N4O2/c1-2-3-12-35-19-25(23-6-11-33-17-24(23)29(35)36)20-15-27(30)26(28(31)16-20)18-34-13-7-22(8-14-34)37-21-4-9-32-10-5-21/h6,11,15-17,19,21-22,32H,2-5,7-10,12-14,18H2,1H3. The number of halogens is 2. The van der Waals surface area contributed by atoms with Crippen LogP contribution in [0.2, 0.25) is 0 Å². The van der Waals surface area contributed by atoms with E-state index in [1.54, 1.807) is 23.0 Å². The van der Waals surface area contributed by atoms with E-state index >= 15 is 8.78 Å². The zero-order valence-corrected chi connectivity index (χ0v) is 21.5. The lowest BCUT2D eigenvalue weighted by Crippen LogP contribution is -2.40. The van der Waals surface area contributed by atoms with E-state index in [9.17, 15) is 4.79 Å². The highest BCUT2D eigenvalue weighted by Gasteiger charge is 2.25. The molecule has 198 valence electrons. The molecule has 0 spiro atoms. The Balaban J connectivity index is 1.33. The maximum absolute atomic E-state index is 15.3. The van der Waals surface area contributed by atoms with Crippen molar-refractivity contribution >= 4 is 10.8 Å². The summed E-state index contributed by atoms with van der Waals surface area (Å²) in [6, 6.07) is 4.53. The van der Waals surface area contributed by atoms with Crippen LogP contribution in [0.25, 0.3) is 21.9 Å². The van der Waals surface area contributed by atoms with E-state index in [2.05, 4.69) is 22.1 Å². The number of unbranched alkanes of at least 4 members (excludes halogenated alkanes) is 1. The Kier molecular flexibility index (Phi) is 8.27. The molecular formula is C29H36F2N4O2. The van der Waals surface area contributed by atoms with Crippen LogP contribution >= 0.6 is 0 Å². The second-order valence-electron chi connectivity index (χ2n) is 10.3. The molecule has 0 atom stereocenters. The molecule has 0 saturated carbocycles. The van der Waals surface area contributed by atoms with Gasteiger partial charge in [0, 0.05) is 55.9 Å². The first-order valence-corrected chi connectivity index (χ1v) is 13.6. The molecule has 6 nitrogen and oxygen atoms in total. The first-order chi connectivity index (χ1) is 18.0. The molecule has 0 bridgehead atoms. The largest absolute Gasteiger partial charge is 0.375 e. The van der Waals surface area contributed by atoms with Crippen molar-refractivity contribution in [3.63, 3.8) is 0 Å². The summed E-state index contributed by atoms with van der Waals surface area (Å²) in [7, 11) is 0. The first-order valence-electron chi connectivity index (χ1n) is 13.6. The fraction of sp³-hybridized carbons (Fsp3) is 0.517. The number of aromatic nitrogens is 2. The lowest BCUT2D eigenvalue weighted by molar-refractivity contribution is -0.0540. The van der Waals surface area contributed by atoms with Crippen LogP contribution in [0.15, 0.2) is 41.6 Å². The van der Waals surface area contributed by atoms with Crippen molar-refractivity contribution in [2.45, 2.75) is 70.7 Å². The van der Waals surface area contributed by atoms with Crippen molar-refractivity contribution in [2.24, 2.45) is 0 Å². The summed E-state index contributed by atoms with van der Waals surface area (Å²) < 4.78 is 38.6. The number of aryl methyl sites for hydroxylation is 1. The Morgan fingerprint density at radius 2 is 1.76 bits per heavy atom. The summed E-state index contributed by atoms with van der Waals surface area (Å²) in [5.74, 6) is -1.12. The molecule has 0 amide bonds. The molecule has 2 aliphatic rings. The summed E-state index contributed by atoms with van der Waals surface area (Å²) in [6.45, 7) is 6.37. The predicted octanol–water partition coefficient (Wildman–Crippen LogP) is 4.87. The van der Waals surface area contributed by atoms with Crippen LogP contribution < -0.4 is 10.9 Å². The van der Waals surface area contributed by atoms with Gasteiger partial charge in [0.1, 0.15) is 11.6 Å². The molecule has 2 aliphatic heterocycles. The van der Waals surface area contributed by atoms with Gasteiger partial charge in [-0.25, -0.2) is 8.78 Å². The average Bonchev–Trinajstić information content (AvgIpc) is 2.92. The predicted molar refractivity (Wildman–Crippen MR) is 142 cm³/mol. The minimum Gasteiger partial charge on any atom is -0.375 e. The molecule has 4 heterocycles. The lowest BCUT2D eigenvalue weighted by Gasteiger charge is -2.35. The van der Waals surface area contributed by atoms with Crippen LogP contribution in [0.1, 0.15) is 51.0 Å². The number of ether oxygens (including phenoxy) is 1. The number of nitrogens with one attached hydrogen (secondary N) is 1. The smallest absolute Gasteiger partial charge is 0.260 e. The quantitative estimate of drug-likeness (QED) is 0.468. The van der Waals surface area contributed by atoms with Gasteiger partial charge < -0.3 is 14.6 Å². The van der Waals surface area contributed by atoms with Crippen molar-refractivity contribution in [3.8, 4) is 11.1 Å². The van der Waals surface area contributed by atoms with E-state index in [1.807, 2.05) is 0 Å². The first kappa shape index (κ1) is 25.9. The summed E-state index contributed by atoms with van der Waals surface area (Å²) in [5, 5.41) is 4.46. The number of nitrogens with zero attached hydrogens (tertiary/aromatic N) is 3. The average molecular weight is 511 g/mol. The third kappa shape index (κ3) is 5.92. The van der Waals surface area contributed by atoms with E-state index in [1.165, 1.54) is 18.3 Å². The molecule has 0 aliphatic carbocycles. The molecule has 0 unspecified atom stereocenters. The monoisotopic (exact) mass is 510 g/mol. The van der Waals surface area contributed by atoms with Crippen molar-refractivity contribution in [3.05, 3.63) is 64.3 Å². The number of piperidine rings is 2. The number of fused-ring (bicyclic) bond motifs is 1. The van der Waals surface area contributed by atoms with Crippen LogP contribution in [0.3, 0.4) is 0 Å². The van der Waals surface area contributed by atoms with E-state index in [0.717, 1.165) is 64.7 Å². The van der Waals surface area contributed by atoms with Gasteiger partial charge in [-0.2, -0.15) is 0 Å². The Morgan fingerprint density at radius 1 is 1.05 bits per heavy atom. The fourth-order valence-corrected chi connectivity index (χ4v) is 5.50. The summed E-state index contributed by atoms with van der Waals surface area (Å²) in [6.07, 6.45) is 11.0. The summed E-state index contributed by atoms with van der Waals surface area (Å²) in [5.41, 5.74) is 1.01. The van der Waals surface area contributed by atoms with Crippen LogP contribution in [-0.2, 0) is 17.8 Å². The van der Waals surface area contributed by atoms with Gasteiger partial charge in [0.05, 0.1) is 17.6 Å². The number of hydrogen-bond donors (Lipinski definition) is 1. The lowest BCUT2D eigenvalue weighted by atomic mass is 9.99. The summed E-state index contributed by atoms with van der Waals surface area (Å²) in [4.78, 5) is 19.1. The van der Waals surface area contributed by atoms with Gasteiger partial charge in [0.25, 0.3) is 5.56 Å².